The summed E-state index contributed by atoms with van der Waals surface area (Å²) in [5, 5.41) is 2.76. The van der Waals surface area contributed by atoms with Crippen molar-refractivity contribution in [2.75, 3.05) is 6.61 Å². The second kappa shape index (κ2) is 4.28. The zero-order valence-corrected chi connectivity index (χ0v) is 11.6. The average molecular weight is 291 g/mol. The summed E-state index contributed by atoms with van der Waals surface area (Å²) < 4.78 is 45.4. The Labute approximate surface area is 116 Å². The van der Waals surface area contributed by atoms with E-state index in [1.165, 1.54) is 0 Å². The summed E-state index contributed by atoms with van der Waals surface area (Å²) in [6.07, 6.45) is -2.04. The van der Waals surface area contributed by atoms with Crippen LogP contribution in [-0.4, -0.2) is 24.4 Å². The molecule has 1 N–H and O–H groups in total. The molecule has 4 bridgehead atoms. The number of nitrogens with one attached hydrogen (secondary N) is 1. The Hall–Kier alpha value is -0.940. The molecule has 2 unspecified atom stereocenters. The third-order valence-corrected chi connectivity index (χ3v) is 5.31. The van der Waals surface area contributed by atoms with Crippen LogP contribution in [0.1, 0.15) is 45.4 Å². The molecule has 114 valence electrons. The first-order chi connectivity index (χ1) is 9.28. The monoisotopic (exact) mass is 291 g/mol. The predicted octanol–water partition coefficient (Wildman–Crippen LogP) is 3.63. The van der Waals surface area contributed by atoms with Gasteiger partial charge in [0.15, 0.2) is 0 Å². The normalized spacial score (nSPS) is 42.6. The van der Waals surface area contributed by atoms with E-state index in [1.54, 1.807) is 6.92 Å². The van der Waals surface area contributed by atoms with Crippen molar-refractivity contribution < 1.29 is 22.7 Å². The number of amides is 1. The van der Waals surface area contributed by atoms with Crippen LogP contribution in [0.5, 0.6) is 0 Å². The van der Waals surface area contributed by atoms with E-state index in [0.29, 0.717) is 12.8 Å². The Morgan fingerprint density at radius 1 is 1.25 bits per heavy atom. The molecule has 1 amide bonds. The van der Waals surface area contributed by atoms with Gasteiger partial charge in [-0.2, -0.15) is 13.2 Å². The lowest BCUT2D eigenvalue weighted by Gasteiger charge is -2.62. The molecule has 0 heterocycles. The fourth-order valence-electron chi connectivity index (χ4n) is 5.12. The van der Waals surface area contributed by atoms with Gasteiger partial charge in [-0.1, -0.05) is 0 Å². The Balaban J connectivity index is 1.85. The van der Waals surface area contributed by atoms with Gasteiger partial charge in [-0.3, -0.25) is 0 Å². The van der Waals surface area contributed by atoms with Crippen LogP contribution in [0, 0.1) is 17.3 Å². The Morgan fingerprint density at radius 3 is 2.35 bits per heavy atom. The number of rotatable bonds is 2. The Bertz CT molecular complexity index is 407. The van der Waals surface area contributed by atoms with Gasteiger partial charge >= 0.3 is 12.3 Å². The quantitative estimate of drug-likeness (QED) is 0.843. The minimum atomic E-state index is -4.17. The lowest BCUT2D eigenvalue weighted by atomic mass is 9.46. The van der Waals surface area contributed by atoms with Gasteiger partial charge in [-0.25, -0.2) is 4.79 Å². The van der Waals surface area contributed by atoms with Gasteiger partial charge in [-0.05, 0) is 57.3 Å². The molecular weight excluding hydrogens is 271 g/mol. The number of carbonyl (C=O) groups excluding carboxylic acids is 1. The van der Waals surface area contributed by atoms with Crippen molar-refractivity contribution in [3.05, 3.63) is 0 Å². The maximum Gasteiger partial charge on any atom is 0.407 e. The van der Waals surface area contributed by atoms with Gasteiger partial charge in [0.25, 0.3) is 0 Å². The molecule has 0 spiro atoms. The Kier molecular flexibility index (Phi) is 3.00. The molecule has 0 aliphatic heterocycles. The van der Waals surface area contributed by atoms with E-state index in [2.05, 4.69) is 5.32 Å². The van der Waals surface area contributed by atoms with Crippen LogP contribution >= 0.6 is 0 Å². The lowest BCUT2D eigenvalue weighted by Crippen LogP contribution is -2.66. The van der Waals surface area contributed by atoms with Crippen molar-refractivity contribution in [1.82, 2.24) is 5.32 Å². The third-order valence-electron chi connectivity index (χ3n) is 5.31. The van der Waals surface area contributed by atoms with Crippen molar-refractivity contribution >= 4 is 6.09 Å². The van der Waals surface area contributed by atoms with Crippen molar-refractivity contribution in [3.8, 4) is 0 Å². The van der Waals surface area contributed by atoms with Crippen molar-refractivity contribution in [3.63, 3.8) is 0 Å². The first kappa shape index (κ1) is 14.0. The van der Waals surface area contributed by atoms with Crippen LogP contribution in [0.25, 0.3) is 0 Å². The van der Waals surface area contributed by atoms with Gasteiger partial charge in [0.2, 0.25) is 0 Å². The maximum absolute atomic E-state index is 13.5. The summed E-state index contributed by atoms with van der Waals surface area (Å²) in [6, 6.07) is 0. The van der Waals surface area contributed by atoms with Crippen LogP contribution in [0.15, 0.2) is 0 Å². The average Bonchev–Trinajstić information content (AvgIpc) is 2.24. The third kappa shape index (κ3) is 2.07. The minimum absolute atomic E-state index is 0.0231. The molecule has 0 radical (unpaired) electrons. The molecule has 4 aliphatic rings. The number of carbonyl (C=O) groups is 1. The largest absolute Gasteiger partial charge is 0.450 e. The molecule has 4 atom stereocenters. The molecule has 0 aromatic rings. The molecule has 3 nitrogen and oxygen atoms in total. The van der Waals surface area contributed by atoms with E-state index in [0.717, 1.165) is 6.42 Å². The van der Waals surface area contributed by atoms with Crippen molar-refractivity contribution in [2.45, 2.75) is 57.2 Å². The van der Waals surface area contributed by atoms with Crippen LogP contribution < -0.4 is 5.32 Å². The second-order valence-corrected chi connectivity index (χ2v) is 6.86. The van der Waals surface area contributed by atoms with Crippen LogP contribution in [0.3, 0.4) is 0 Å². The topological polar surface area (TPSA) is 38.3 Å². The van der Waals surface area contributed by atoms with Crippen LogP contribution in [0.4, 0.5) is 18.0 Å². The second-order valence-electron chi connectivity index (χ2n) is 6.86. The highest BCUT2D eigenvalue weighted by Gasteiger charge is 2.67. The zero-order valence-electron chi connectivity index (χ0n) is 11.6. The zero-order chi connectivity index (χ0) is 14.6. The molecule has 4 fully saturated rings. The van der Waals surface area contributed by atoms with Crippen molar-refractivity contribution in [2.24, 2.45) is 17.3 Å². The van der Waals surface area contributed by atoms with E-state index in [1.807, 2.05) is 0 Å². The van der Waals surface area contributed by atoms with Crippen molar-refractivity contribution in [1.29, 1.82) is 0 Å². The highest BCUT2D eigenvalue weighted by Crippen LogP contribution is 2.66. The number of alkyl halides is 3. The highest BCUT2D eigenvalue weighted by molar-refractivity contribution is 5.68. The first-order valence-electron chi connectivity index (χ1n) is 7.29. The molecule has 0 saturated heterocycles. The molecule has 0 aromatic carbocycles. The standard InChI is InChI=1S/C14H20F3NO2/c1-2-20-11(19)18-13-6-9-3-10(7-13)5-12(4-9,8-13)14(15,16)17/h9-10H,2-8H2,1H3,(H,18,19)/t9-,10+,12?,13?. The molecule has 6 heteroatoms. The van der Waals surface area contributed by atoms with Gasteiger partial charge < -0.3 is 10.1 Å². The number of ether oxygens (including phenoxy) is 1. The number of alkyl carbamates (subject to hydrolysis) is 1. The molecule has 20 heavy (non-hydrogen) atoms. The summed E-state index contributed by atoms with van der Waals surface area (Å²) in [4.78, 5) is 11.7. The molecule has 4 rings (SSSR count). The summed E-state index contributed by atoms with van der Waals surface area (Å²) in [5.74, 6) is 0.166. The molecule has 0 aromatic heterocycles. The SMILES string of the molecule is CCOC(=O)NC12C[C@H]3C[C@@H](C1)CC(C(F)(F)F)(C3)C2. The first-order valence-corrected chi connectivity index (χ1v) is 7.29. The predicted molar refractivity (Wildman–Crippen MR) is 66.1 cm³/mol. The lowest BCUT2D eigenvalue weighted by molar-refractivity contribution is -0.277. The maximum atomic E-state index is 13.5. The summed E-state index contributed by atoms with van der Waals surface area (Å²) in [6.45, 7) is 1.93. The fraction of sp³-hybridized carbons (Fsp3) is 0.929. The molecular formula is C14H20F3NO2. The minimum Gasteiger partial charge on any atom is -0.450 e. The molecule has 4 aliphatic carbocycles. The Morgan fingerprint density at radius 2 is 1.85 bits per heavy atom. The van der Waals surface area contributed by atoms with E-state index in [4.69, 9.17) is 4.74 Å². The van der Waals surface area contributed by atoms with E-state index >= 15 is 0 Å². The van der Waals surface area contributed by atoms with Gasteiger partial charge in [0.1, 0.15) is 0 Å². The van der Waals surface area contributed by atoms with Gasteiger partial charge in [-0.15, -0.1) is 0 Å². The van der Waals surface area contributed by atoms with Gasteiger partial charge in [0.05, 0.1) is 12.0 Å². The summed E-state index contributed by atoms with van der Waals surface area (Å²) >= 11 is 0. The smallest absolute Gasteiger partial charge is 0.407 e. The summed E-state index contributed by atoms with van der Waals surface area (Å²) in [7, 11) is 0. The van der Waals surface area contributed by atoms with Gasteiger partial charge in [0, 0.05) is 5.54 Å². The number of halogens is 3. The number of hydrogen-bond acceptors (Lipinski definition) is 2. The van der Waals surface area contributed by atoms with E-state index < -0.39 is 23.2 Å². The van der Waals surface area contributed by atoms with Crippen LogP contribution in [-0.2, 0) is 4.74 Å². The van der Waals surface area contributed by atoms with E-state index in [9.17, 15) is 18.0 Å². The fourth-order valence-corrected chi connectivity index (χ4v) is 5.12. The summed E-state index contributed by atoms with van der Waals surface area (Å²) in [5.41, 5.74) is -2.29. The molecule has 4 saturated carbocycles. The van der Waals surface area contributed by atoms with E-state index in [-0.39, 0.29) is 37.7 Å². The highest BCUT2D eigenvalue weighted by atomic mass is 19.4. The number of hydrogen-bond donors (Lipinski definition) is 1. The van der Waals surface area contributed by atoms with Crippen LogP contribution in [0.2, 0.25) is 0 Å².